The second-order valence-electron chi connectivity index (χ2n) is 5.58. The van der Waals surface area contributed by atoms with Crippen LogP contribution in [0.15, 0.2) is 18.5 Å². The molecule has 5 heteroatoms. The lowest BCUT2D eigenvalue weighted by molar-refractivity contribution is 0.645. The van der Waals surface area contributed by atoms with E-state index < -0.39 is 0 Å². The van der Waals surface area contributed by atoms with E-state index >= 15 is 0 Å². The highest BCUT2D eigenvalue weighted by molar-refractivity contribution is 5.19. The number of nitrogens with one attached hydrogen (secondary N) is 1. The average Bonchev–Trinajstić information content (AvgIpc) is 3.10. The molecule has 2 aromatic heterocycles. The molecule has 1 fully saturated rings. The van der Waals surface area contributed by atoms with Crippen molar-refractivity contribution in [1.29, 1.82) is 0 Å². The highest BCUT2D eigenvalue weighted by Gasteiger charge is 2.19. The van der Waals surface area contributed by atoms with Gasteiger partial charge in [0.15, 0.2) is 0 Å². The largest absolute Gasteiger partial charge is 0.314 e. The van der Waals surface area contributed by atoms with E-state index in [2.05, 4.69) is 20.4 Å². The van der Waals surface area contributed by atoms with Gasteiger partial charge in [-0.3, -0.25) is 0 Å². The highest BCUT2D eigenvalue weighted by atomic mass is 15.3. The van der Waals surface area contributed by atoms with E-state index in [0.29, 0.717) is 5.95 Å². The van der Waals surface area contributed by atoms with Crippen LogP contribution in [-0.4, -0.2) is 32.3 Å². The highest BCUT2D eigenvalue weighted by Crippen LogP contribution is 2.18. The summed E-state index contributed by atoms with van der Waals surface area (Å²) in [7, 11) is 0. The van der Waals surface area contributed by atoms with Crippen molar-refractivity contribution in [2.24, 2.45) is 0 Å². The van der Waals surface area contributed by atoms with Crippen LogP contribution in [0, 0.1) is 13.8 Å². The molecule has 20 heavy (non-hydrogen) atoms. The first-order chi connectivity index (χ1) is 9.70. The molecule has 0 unspecified atom stereocenters. The van der Waals surface area contributed by atoms with Crippen molar-refractivity contribution in [3.05, 3.63) is 35.4 Å². The Balaban J connectivity index is 1.60. The molecule has 0 bridgehead atoms. The summed E-state index contributed by atoms with van der Waals surface area (Å²) in [6, 6.07) is 2.76. The van der Waals surface area contributed by atoms with Gasteiger partial charge in [0.1, 0.15) is 0 Å². The zero-order valence-corrected chi connectivity index (χ0v) is 12.1. The Morgan fingerprint density at radius 1 is 1.25 bits per heavy atom. The number of nitrogens with zero attached hydrogens (tertiary/aromatic N) is 4. The lowest BCUT2D eigenvalue weighted by atomic mass is 10.2. The lowest BCUT2D eigenvalue weighted by Crippen LogP contribution is -2.17. The molecule has 2 heterocycles. The van der Waals surface area contributed by atoms with Gasteiger partial charge in [-0.15, -0.1) is 0 Å². The third kappa shape index (κ3) is 3.42. The van der Waals surface area contributed by atoms with Crippen molar-refractivity contribution in [3.63, 3.8) is 0 Å². The van der Waals surface area contributed by atoms with E-state index in [-0.39, 0.29) is 0 Å². The van der Waals surface area contributed by atoms with Crippen molar-refractivity contribution < 1.29 is 0 Å². The van der Waals surface area contributed by atoms with Crippen LogP contribution in [0.1, 0.15) is 36.2 Å². The molecular formula is C15H21N5. The van der Waals surface area contributed by atoms with Crippen molar-refractivity contribution in [2.45, 2.75) is 45.6 Å². The first kappa shape index (κ1) is 13.2. The van der Waals surface area contributed by atoms with Gasteiger partial charge in [-0.05, 0) is 57.7 Å². The second kappa shape index (κ2) is 5.71. The van der Waals surface area contributed by atoms with Crippen LogP contribution in [0.5, 0.6) is 0 Å². The van der Waals surface area contributed by atoms with Gasteiger partial charge in [-0.25, -0.2) is 14.6 Å². The van der Waals surface area contributed by atoms with Crippen LogP contribution in [0.3, 0.4) is 0 Å². The number of aromatic nitrogens is 4. The number of hydrogen-bond donors (Lipinski definition) is 1. The fourth-order valence-electron chi connectivity index (χ4n) is 2.29. The van der Waals surface area contributed by atoms with Gasteiger partial charge in [-0.1, -0.05) is 0 Å². The van der Waals surface area contributed by atoms with Crippen molar-refractivity contribution in [2.75, 3.05) is 6.54 Å². The average molecular weight is 271 g/mol. The molecule has 5 nitrogen and oxygen atoms in total. The molecule has 2 aromatic rings. The Morgan fingerprint density at radius 2 is 2.00 bits per heavy atom. The predicted molar refractivity (Wildman–Crippen MR) is 78.0 cm³/mol. The van der Waals surface area contributed by atoms with Crippen molar-refractivity contribution in [3.8, 4) is 5.95 Å². The molecule has 0 radical (unpaired) electrons. The second-order valence-corrected chi connectivity index (χ2v) is 5.58. The first-order valence-corrected chi connectivity index (χ1v) is 7.30. The fraction of sp³-hybridized carbons (Fsp3) is 0.533. The minimum atomic E-state index is 0.657. The maximum Gasteiger partial charge on any atom is 0.250 e. The Kier molecular flexibility index (Phi) is 3.78. The summed E-state index contributed by atoms with van der Waals surface area (Å²) < 4.78 is 1.77. The van der Waals surface area contributed by atoms with E-state index in [0.717, 1.165) is 36.8 Å². The smallest absolute Gasteiger partial charge is 0.250 e. The summed E-state index contributed by atoms with van der Waals surface area (Å²) in [6.45, 7) is 5.05. The maximum absolute atomic E-state index is 4.42. The van der Waals surface area contributed by atoms with Crippen LogP contribution >= 0.6 is 0 Å². The predicted octanol–water partition coefficient (Wildman–Crippen LogP) is 1.96. The Labute approximate surface area is 119 Å². The Hall–Kier alpha value is -1.75. The minimum Gasteiger partial charge on any atom is -0.314 e. The van der Waals surface area contributed by atoms with E-state index in [4.69, 9.17) is 0 Å². The standard InChI is InChI=1S/C15H21N5/c1-11-8-12(2)19-15(18-11)20-10-13(9-17-20)4-3-7-16-14-5-6-14/h8-10,14,16H,3-7H2,1-2H3. The molecule has 1 aliphatic carbocycles. The van der Waals surface area contributed by atoms with E-state index in [1.54, 1.807) is 4.68 Å². The summed E-state index contributed by atoms with van der Waals surface area (Å²) in [5.74, 6) is 0.657. The van der Waals surface area contributed by atoms with Crippen LogP contribution in [0.25, 0.3) is 5.95 Å². The molecule has 0 aliphatic heterocycles. The van der Waals surface area contributed by atoms with E-state index in [1.165, 1.54) is 18.4 Å². The number of rotatable bonds is 6. The molecule has 1 saturated carbocycles. The SMILES string of the molecule is Cc1cc(C)nc(-n2cc(CCCNC3CC3)cn2)n1. The quantitative estimate of drug-likeness (QED) is 0.816. The van der Waals surface area contributed by atoms with Crippen LogP contribution in [-0.2, 0) is 6.42 Å². The molecule has 106 valence electrons. The minimum absolute atomic E-state index is 0.657. The topological polar surface area (TPSA) is 55.6 Å². The lowest BCUT2D eigenvalue weighted by Gasteiger charge is -2.02. The zero-order valence-electron chi connectivity index (χ0n) is 12.1. The summed E-state index contributed by atoms with van der Waals surface area (Å²) in [6.07, 6.45) is 8.84. The number of aryl methyl sites for hydroxylation is 3. The normalized spacial score (nSPS) is 14.7. The Bertz CT molecular complexity index is 565. The molecule has 0 amide bonds. The number of hydrogen-bond acceptors (Lipinski definition) is 4. The summed E-state index contributed by atoms with van der Waals surface area (Å²) in [5.41, 5.74) is 3.18. The van der Waals surface area contributed by atoms with Gasteiger partial charge >= 0.3 is 0 Å². The van der Waals surface area contributed by atoms with E-state index in [1.807, 2.05) is 32.3 Å². The molecule has 0 saturated heterocycles. The third-order valence-corrected chi connectivity index (χ3v) is 3.46. The monoisotopic (exact) mass is 271 g/mol. The molecular weight excluding hydrogens is 250 g/mol. The van der Waals surface area contributed by atoms with Crippen LogP contribution < -0.4 is 5.32 Å². The van der Waals surface area contributed by atoms with Gasteiger partial charge < -0.3 is 5.32 Å². The molecule has 1 N–H and O–H groups in total. The fourth-order valence-corrected chi connectivity index (χ4v) is 2.29. The summed E-state index contributed by atoms with van der Waals surface area (Å²) in [5, 5.41) is 7.89. The maximum atomic E-state index is 4.42. The molecule has 3 rings (SSSR count). The Morgan fingerprint density at radius 3 is 2.70 bits per heavy atom. The van der Waals surface area contributed by atoms with Crippen LogP contribution in [0.2, 0.25) is 0 Å². The van der Waals surface area contributed by atoms with E-state index in [9.17, 15) is 0 Å². The molecule has 1 aliphatic rings. The molecule has 0 atom stereocenters. The zero-order chi connectivity index (χ0) is 13.9. The summed E-state index contributed by atoms with van der Waals surface area (Å²) >= 11 is 0. The van der Waals surface area contributed by atoms with Crippen molar-refractivity contribution >= 4 is 0 Å². The third-order valence-electron chi connectivity index (χ3n) is 3.46. The van der Waals surface area contributed by atoms with Gasteiger partial charge in [-0.2, -0.15) is 5.10 Å². The van der Waals surface area contributed by atoms with Crippen molar-refractivity contribution in [1.82, 2.24) is 25.1 Å². The summed E-state index contributed by atoms with van der Waals surface area (Å²) in [4.78, 5) is 8.85. The van der Waals surface area contributed by atoms with Gasteiger partial charge in [0.2, 0.25) is 0 Å². The molecule has 0 aromatic carbocycles. The van der Waals surface area contributed by atoms with Gasteiger partial charge in [0, 0.05) is 23.6 Å². The van der Waals surface area contributed by atoms with Gasteiger partial charge in [0.05, 0.1) is 6.20 Å². The van der Waals surface area contributed by atoms with Gasteiger partial charge in [0.25, 0.3) is 5.95 Å². The van der Waals surface area contributed by atoms with Crippen LogP contribution in [0.4, 0.5) is 0 Å². The first-order valence-electron chi connectivity index (χ1n) is 7.30. The molecule has 0 spiro atoms.